The molecule has 20 heavy (non-hydrogen) atoms. The van der Waals surface area contributed by atoms with E-state index in [1.165, 1.54) is 0 Å². The van der Waals surface area contributed by atoms with Gasteiger partial charge in [-0.05, 0) is 19.1 Å². The quantitative estimate of drug-likeness (QED) is 0.729. The Balaban J connectivity index is 2.10. The van der Waals surface area contributed by atoms with E-state index in [1.807, 2.05) is 30.0 Å². The summed E-state index contributed by atoms with van der Waals surface area (Å²) in [5, 5.41) is 0.573. The molecule has 0 radical (unpaired) electrons. The summed E-state index contributed by atoms with van der Waals surface area (Å²) in [6.07, 6.45) is 0. The Morgan fingerprint density at radius 1 is 1.30 bits per heavy atom. The lowest BCUT2D eigenvalue weighted by molar-refractivity contribution is -0.136. The third-order valence-electron chi connectivity index (χ3n) is 4.08. The molecule has 1 aromatic carbocycles. The van der Waals surface area contributed by atoms with E-state index in [4.69, 9.17) is 0 Å². The number of benzene rings is 1. The van der Waals surface area contributed by atoms with Gasteiger partial charge in [-0.3, -0.25) is 14.2 Å². The number of carbonyl (C=O) groups is 1. The lowest BCUT2D eigenvalue weighted by Crippen LogP contribution is -2.52. The highest BCUT2D eigenvalue weighted by Crippen LogP contribution is 2.45. The third kappa shape index (κ3) is 1.37. The third-order valence-corrected chi connectivity index (χ3v) is 5.44. The van der Waals surface area contributed by atoms with Gasteiger partial charge in [0.1, 0.15) is 17.2 Å². The number of para-hydroxylation sites is 1. The zero-order chi connectivity index (χ0) is 13.9. The van der Waals surface area contributed by atoms with Crippen LogP contribution in [-0.2, 0) is 16.2 Å². The van der Waals surface area contributed by atoms with Crippen LogP contribution in [-0.4, -0.2) is 32.7 Å². The van der Waals surface area contributed by atoms with Gasteiger partial charge >= 0.3 is 0 Å². The Morgan fingerprint density at radius 2 is 2.10 bits per heavy atom. The fraction of sp³-hybridized carbons (Fsp3) is 0.357. The minimum Gasteiger partial charge on any atom is -0.319 e. The lowest BCUT2D eigenvalue weighted by atomic mass is 10.1. The number of amides is 1. The molecule has 2 aromatic rings. The second kappa shape index (κ2) is 3.85. The second-order valence-corrected chi connectivity index (χ2v) is 6.71. The zero-order valence-corrected chi connectivity index (χ0v) is 11.8. The highest BCUT2D eigenvalue weighted by molar-refractivity contribution is 8.00. The maximum absolute atomic E-state index is 12.6. The van der Waals surface area contributed by atoms with Gasteiger partial charge in [-0.2, -0.15) is 0 Å². The van der Waals surface area contributed by atoms with E-state index >= 15 is 0 Å². The zero-order valence-electron chi connectivity index (χ0n) is 11.0. The molecule has 1 saturated heterocycles. The second-order valence-electron chi connectivity index (χ2n) is 5.22. The van der Waals surface area contributed by atoms with Crippen molar-refractivity contribution in [1.82, 2.24) is 14.5 Å². The monoisotopic (exact) mass is 287 g/mol. The van der Waals surface area contributed by atoms with Gasteiger partial charge in [-0.15, -0.1) is 11.8 Å². The molecule has 4 rings (SSSR count). The molecule has 0 aliphatic carbocycles. The topological polar surface area (TPSA) is 55.2 Å². The van der Waals surface area contributed by atoms with Gasteiger partial charge < -0.3 is 4.90 Å². The van der Waals surface area contributed by atoms with Crippen LogP contribution in [0.5, 0.6) is 0 Å². The summed E-state index contributed by atoms with van der Waals surface area (Å²) in [7, 11) is 0. The fourth-order valence-corrected chi connectivity index (χ4v) is 4.37. The smallest absolute Gasteiger partial charge is 0.261 e. The van der Waals surface area contributed by atoms with E-state index in [9.17, 15) is 9.59 Å². The summed E-state index contributed by atoms with van der Waals surface area (Å²) in [6, 6.07) is 7.31. The molecule has 102 valence electrons. The highest BCUT2D eigenvalue weighted by Gasteiger charge is 2.48. The van der Waals surface area contributed by atoms with Gasteiger partial charge in [0, 0.05) is 12.3 Å². The number of hydrogen-bond acceptors (Lipinski definition) is 4. The van der Waals surface area contributed by atoms with Crippen molar-refractivity contribution in [3.05, 3.63) is 40.4 Å². The first-order chi connectivity index (χ1) is 9.61. The number of nitrogens with zero attached hydrogens (tertiary/aromatic N) is 3. The number of hydrogen-bond donors (Lipinski definition) is 0. The van der Waals surface area contributed by atoms with Crippen molar-refractivity contribution in [1.29, 1.82) is 0 Å². The summed E-state index contributed by atoms with van der Waals surface area (Å²) < 4.78 is 1.54. The molecule has 2 aliphatic rings. The van der Waals surface area contributed by atoms with Crippen LogP contribution >= 0.6 is 11.8 Å². The van der Waals surface area contributed by atoms with Crippen molar-refractivity contribution in [2.75, 3.05) is 12.3 Å². The normalized spacial score (nSPS) is 24.9. The molecule has 5 nitrogen and oxygen atoms in total. The number of rotatable bonds is 0. The van der Waals surface area contributed by atoms with E-state index in [0.717, 1.165) is 12.3 Å². The Labute approximate surface area is 119 Å². The first-order valence-electron chi connectivity index (χ1n) is 6.56. The summed E-state index contributed by atoms with van der Waals surface area (Å²) in [6.45, 7) is 2.81. The van der Waals surface area contributed by atoms with E-state index in [1.54, 1.807) is 22.4 Å². The number of fused-ring (bicyclic) bond motifs is 4. The average molecular weight is 287 g/mol. The van der Waals surface area contributed by atoms with Crippen LogP contribution in [0.4, 0.5) is 0 Å². The van der Waals surface area contributed by atoms with Crippen LogP contribution in [0.3, 0.4) is 0 Å². The molecule has 1 amide bonds. The number of carbonyl (C=O) groups excluding carboxylic acids is 1. The molecule has 0 spiro atoms. The van der Waals surface area contributed by atoms with Crippen molar-refractivity contribution in [3.63, 3.8) is 0 Å². The number of aromatic nitrogens is 2. The maximum Gasteiger partial charge on any atom is 0.261 e. The van der Waals surface area contributed by atoms with Crippen molar-refractivity contribution < 1.29 is 4.79 Å². The minimum atomic E-state index is -0.515. The van der Waals surface area contributed by atoms with Crippen LogP contribution in [0, 0.1) is 0 Å². The van der Waals surface area contributed by atoms with Gasteiger partial charge in [0.2, 0.25) is 5.91 Å². The lowest BCUT2D eigenvalue weighted by Gasteiger charge is -2.39. The van der Waals surface area contributed by atoms with Crippen molar-refractivity contribution in [2.24, 2.45) is 0 Å². The standard InChI is InChI=1S/C14H13N3O2S/c1-14-13-15-10-5-3-2-4-9(10)12(19)16(13)8-11(18)17(14)6-7-20-14/h2-5H,6-8H2,1H3/t14-/m0/s1. The molecule has 2 aliphatic heterocycles. The van der Waals surface area contributed by atoms with Gasteiger partial charge in [-0.25, -0.2) is 4.98 Å². The molecule has 0 N–H and O–H groups in total. The summed E-state index contributed by atoms with van der Waals surface area (Å²) >= 11 is 1.68. The molecule has 3 heterocycles. The fourth-order valence-electron chi connectivity index (χ4n) is 3.06. The van der Waals surface area contributed by atoms with E-state index in [0.29, 0.717) is 16.7 Å². The summed E-state index contributed by atoms with van der Waals surface area (Å²) in [5.41, 5.74) is 0.582. The number of thioether (sulfide) groups is 1. The van der Waals surface area contributed by atoms with Gasteiger partial charge in [-0.1, -0.05) is 12.1 Å². The average Bonchev–Trinajstić information content (AvgIpc) is 2.85. The molecule has 0 unspecified atom stereocenters. The Morgan fingerprint density at radius 3 is 2.95 bits per heavy atom. The van der Waals surface area contributed by atoms with Gasteiger partial charge in [0.05, 0.1) is 10.9 Å². The first kappa shape index (κ1) is 12.0. The summed E-state index contributed by atoms with van der Waals surface area (Å²) in [4.78, 5) is 30.8. The van der Waals surface area contributed by atoms with Crippen LogP contribution < -0.4 is 5.56 Å². The van der Waals surface area contributed by atoms with Gasteiger partial charge in [0.25, 0.3) is 5.56 Å². The molecule has 0 bridgehead atoms. The van der Waals surface area contributed by atoms with Crippen LogP contribution in [0.25, 0.3) is 10.9 Å². The molecular formula is C14H13N3O2S. The first-order valence-corrected chi connectivity index (χ1v) is 7.54. The van der Waals surface area contributed by atoms with E-state index in [-0.39, 0.29) is 18.0 Å². The SMILES string of the molecule is C[C@@]12SCCN1C(=O)Cn1c2nc2ccccc2c1=O. The van der Waals surface area contributed by atoms with Crippen molar-refractivity contribution in [2.45, 2.75) is 18.3 Å². The molecule has 1 fully saturated rings. The molecule has 1 aromatic heterocycles. The molecule has 1 atom stereocenters. The van der Waals surface area contributed by atoms with Crippen LogP contribution in [0.15, 0.2) is 29.1 Å². The largest absolute Gasteiger partial charge is 0.319 e. The summed E-state index contributed by atoms with van der Waals surface area (Å²) in [5.74, 6) is 1.58. The van der Waals surface area contributed by atoms with Crippen LogP contribution in [0.2, 0.25) is 0 Å². The Bertz CT molecular complexity index is 801. The highest BCUT2D eigenvalue weighted by atomic mass is 32.2. The van der Waals surface area contributed by atoms with Crippen molar-refractivity contribution >= 4 is 28.6 Å². The Hall–Kier alpha value is -1.82. The van der Waals surface area contributed by atoms with Crippen molar-refractivity contribution in [3.8, 4) is 0 Å². The van der Waals surface area contributed by atoms with E-state index < -0.39 is 4.87 Å². The predicted molar refractivity (Wildman–Crippen MR) is 77.5 cm³/mol. The molecular weight excluding hydrogens is 274 g/mol. The predicted octanol–water partition coefficient (Wildman–Crippen LogP) is 1.16. The van der Waals surface area contributed by atoms with Gasteiger partial charge in [0.15, 0.2) is 0 Å². The minimum absolute atomic E-state index is 0.00387. The maximum atomic E-state index is 12.6. The molecule has 6 heteroatoms. The van der Waals surface area contributed by atoms with E-state index in [2.05, 4.69) is 4.98 Å². The molecule has 0 saturated carbocycles. The van der Waals surface area contributed by atoms with Crippen LogP contribution in [0.1, 0.15) is 12.7 Å². The Kier molecular flexibility index (Phi) is 2.30.